The third-order valence-electron chi connectivity index (χ3n) is 5.22. The van der Waals surface area contributed by atoms with Crippen LogP contribution >= 0.6 is 0 Å². The van der Waals surface area contributed by atoms with E-state index in [1.807, 2.05) is 37.8 Å². The highest BCUT2D eigenvalue weighted by atomic mass is 16.2. The van der Waals surface area contributed by atoms with Gasteiger partial charge in [0.25, 0.3) is 0 Å². The molecule has 29 heavy (non-hydrogen) atoms. The van der Waals surface area contributed by atoms with Crippen LogP contribution < -0.4 is 10.6 Å². The summed E-state index contributed by atoms with van der Waals surface area (Å²) in [5, 5.41) is 5.73. The molecule has 0 atom stereocenters. The first-order valence-electron chi connectivity index (χ1n) is 10.4. The molecule has 1 saturated heterocycles. The molecule has 1 aromatic rings. The van der Waals surface area contributed by atoms with Crippen molar-refractivity contribution in [3.63, 3.8) is 0 Å². The van der Waals surface area contributed by atoms with Gasteiger partial charge in [0.15, 0.2) is 0 Å². The molecular weight excluding hydrogens is 368 g/mol. The number of nitrogens with zero attached hydrogens (tertiary/aromatic N) is 2. The summed E-state index contributed by atoms with van der Waals surface area (Å²) in [5.74, 6) is -0.0165. The van der Waals surface area contributed by atoms with Crippen LogP contribution in [0.25, 0.3) is 0 Å². The molecule has 7 heteroatoms. The number of hydrogen-bond donors (Lipinski definition) is 2. The summed E-state index contributed by atoms with van der Waals surface area (Å²) in [6.07, 6.45) is 4.47. The average molecular weight is 403 g/mol. The second-order valence-electron chi connectivity index (χ2n) is 7.95. The van der Waals surface area contributed by atoms with E-state index in [1.54, 1.807) is 7.05 Å². The molecule has 1 aliphatic heterocycles. The molecule has 1 aliphatic rings. The van der Waals surface area contributed by atoms with Crippen LogP contribution in [0.15, 0.2) is 12.1 Å². The van der Waals surface area contributed by atoms with E-state index < -0.39 is 0 Å². The maximum atomic E-state index is 12.3. The Bertz CT molecular complexity index is 725. The first-order chi connectivity index (χ1) is 13.8. The number of hydrogen-bond acceptors (Lipinski definition) is 3. The number of nitrogens with one attached hydrogen (secondary N) is 2. The van der Waals surface area contributed by atoms with E-state index in [0.29, 0.717) is 25.9 Å². The molecule has 0 bridgehead atoms. The predicted molar refractivity (Wildman–Crippen MR) is 115 cm³/mol. The second kappa shape index (κ2) is 10.8. The topological polar surface area (TPSA) is 81.8 Å². The average Bonchev–Trinajstić information content (AvgIpc) is 2.85. The van der Waals surface area contributed by atoms with Gasteiger partial charge in [0.2, 0.25) is 11.8 Å². The summed E-state index contributed by atoms with van der Waals surface area (Å²) in [6.45, 7) is 7.86. The van der Waals surface area contributed by atoms with Crippen molar-refractivity contribution >= 4 is 23.5 Å². The number of carbonyl (C=O) groups excluding carboxylic acids is 3. The number of likely N-dealkylation sites (tertiary alicyclic amines) is 1. The number of rotatable bonds is 7. The van der Waals surface area contributed by atoms with Gasteiger partial charge in [0.05, 0.1) is 0 Å². The van der Waals surface area contributed by atoms with E-state index in [0.717, 1.165) is 48.2 Å². The third kappa shape index (κ3) is 7.07. The summed E-state index contributed by atoms with van der Waals surface area (Å²) in [5.41, 5.74) is 3.96. The molecule has 0 unspecified atom stereocenters. The normalized spacial score (nSPS) is 14.3. The lowest BCUT2D eigenvalue weighted by molar-refractivity contribution is -0.130. The lowest BCUT2D eigenvalue weighted by atomic mass is 10.1. The van der Waals surface area contributed by atoms with Gasteiger partial charge < -0.3 is 20.4 Å². The Morgan fingerprint density at radius 2 is 1.79 bits per heavy atom. The fourth-order valence-electron chi connectivity index (χ4n) is 3.72. The number of benzene rings is 1. The molecule has 0 aromatic heterocycles. The van der Waals surface area contributed by atoms with Gasteiger partial charge in [-0.25, -0.2) is 4.79 Å². The minimum atomic E-state index is -0.292. The van der Waals surface area contributed by atoms with Gasteiger partial charge in [-0.3, -0.25) is 9.59 Å². The highest BCUT2D eigenvalue weighted by Gasteiger charge is 2.17. The molecular formula is C22H34N4O3. The van der Waals surface area contributed by atoms with Crippen LogP contribution in [0.1, 0.15) is 48.8 Å². The summed E-state index contributed by atoms with van der Waals surface area (Å²) >= 11 is 0. The first-order valence-corrected chi connectivity index (χ1v) is 10.4. The number of amides is 4. The van der Waals surface area contributed by atoms with Gasteiger partial charge in [-0.1, -0.05) is 24.1 Å². The summed E-state index contributed by atoms with van der Waals surface area (Å²) in [7, 11) is 1.60. The fraction of sp³-hybridized carbons (Fsp3) is 0.591. The Morgan fingerprint density at radius 1 is 1.10 bits per heavy atom. The summed E-state index contributed by atoms with van der Waals surface area (Å²) < 4.78 is 0. The van der Waals surface area contributed by atoms with Crippen LogP contribution in [0, 0.1) is 20.8 Å². The highest BCUT2D eigenvalue weighted by molar-refractivity contribution is 5.95. The molecule has 0 saturated carbocycles. The molecule has 0 radical (unpaired) electrons. The van der Waals surface area contributed by atoms with Crippen LogP contribution in [0.2, 0.25) is 0 Å². The molecule has 0 spiro atoms. The van der Waals surface area contributed by atoms with E-state index in [9.17, 15) is 14.4 Å². The molecule has 0 aliphatic carbocycles. The second-order valence-corrected chi connectivity index (χ2v) is 7.95. The Kier molecular flexibility index (Phi) is 8.49. The number of carbonyl (C=O) groups is 3. The maximum Gasteiger partial charge on any atom is 0.317 e. The Hall–Kier alpha value is -2.57. The Balaban J connectivity index is 1.73. The molecule has 2 N–H and O–H groups in total. The first kappa shape index (κ1) is 22.7. The third-order valence-corrected chi connectivity index (χ3v) is 5.22. The van der Waals surface area contributed by atoms with E-state index in [4.69, 9.17) is 0 Å². The number of aryl methyl sites for hydroxylation is 3. The SMILES string of the molecule is Cc1cc(C)c(NC(=O)CN(C)C(=O)NCCCN2CCCCCC2=O)c(C)c1. The lowest BCUT2D eigenvalue weighted by Gasteiger charge is -2.21. The Morgan fingerprint density at radius 3 is 2.48 bits per heavy atom. The van der Waals surface area contributed by atoms with Crippen molar-refractivity contribution in [2.75, 3.05) is 38.5 Å². The minimum absolute atomic E-state index is 0.0246. The highest BCUT2D eigenvalue weighted by Crippen LogP contribution is 2.21. The van der Waals surface area contributed by atoms with Gasteiger partial charge in [-0.15, -0.1) is 0 Å². The molecule has 2 rings (SSSR count). The quantitative estimate of drug-likeness (QED) is 0.688. The van der Waals surface area contributed by atoms with Gasteiger partial charge in [0.1, 0.15) is 6.54 Å². The van der Waals surface area contributed by atoms with E-state index in [2.05, 4.69) is 10.6 Å². The lowest BCUT2D eigenvalue weighted by Crippen LogP contribution is -2.42. The van der Waals surface area contributed by atoms with Gasteiger partial charge in [-0.05, 0) is 51.2 Å². The Labute approximate surface area is 173 Å². The van der Waals surface area contributed by atoms with E-state index in [1.165, 1.54) is 4.90 Å². The largest absolute Gasteiger partial charge is 0.343 e. The number of anilines is 1. The van der Waals surface area contributed by atoms with Crippen molar-refractivity contribution in [1.29, 1.82) is 0 Å². The van der Waals surface area contributed by atoms with Crippen LogP contribution in [-0.4, -0.2) is 60.9 Å². The number of urea groups is 1. The van der Waals surface area contributed by atoms with Gasteiger partial charge in [0, 0.05) is 38.8 Å². The summed E-state index contributed by atoms with van der Waals surface area (Å²) in [4.78, 5) is 39.8. The monoisotopic (exact) mass is 402 g/mol. The molecule has 160 valence electrons. The minimum Gasteiger partial charge on any atom is -0.343 e. The molecule has 1 heterocycles. The van der Waals surface area contributed by atoms with Crippen LogP contribution in [0.5, 0.6) is 0 Å². The molecule has 7 nitrogen and oxygen atoms in total. The zero-order chi connectivity index (χ0) is 21.4. The van der Waals surface area contributed by atoms with Crippen LogP contribution in [0.3, 0.4) is 0 Å². The van der Waals surface area contributed by atoms with E-state index in [-0.39, 0.29) is 24.4 Å². The van der Waals surface area contributed by atoms with Crippen molar-refractivity contribution in [3.8, 4) is 0 Å². The van der Waals surface area contributed by atoms with Crippen LogP contribution in [0.4, 0.5) is 10.5 Å². The van der Waals surface area contributed by atoms with Crippen molar-refractivity contribution in [3.05, 3.63) is 28.8 Å². The predicted octanol–water partition coefficient (Wildman–Crippen LogP) is 2.98. The van der Waals surface area contributed by atoms with Gasteiger partial charge >= 0.3 is 6.03 Å². The van der Waals surface area contributed by atoms with Crippen LogP contribution in [-0.2, 0) is 9.59 Å². The molecule has 4 amide bonds. The standard InChI is InChI=1S/C22H34N4O3/c1-16-13-17(2)21(18(3)14-16)24-19(27)15-25(4)22(29)23-10-8-12-26-11-7-5-6-9-20(26)28/h13-14H,5-12,15H2,1-4H3,(H,23,29)(H,24,27). The van der Waals surface area contributed by atoms with Crippen molar-refractivity contribution < 1.29 is 14.4 Å². The van der Waals surface area contributed by atoms with Gasteiger partial charge in [-0.2, -0.15) is 0 Å². The molecule has 1 aromatic carbocycles. The van der Waals surface area contributed by atoms with E-state index >= 15 is 0 Å². The fourth-order valence-corrected chi connectivity index (χ4v) is 3.72. The van der Waals surface area contributed by atoms with Crippen molar-refractivity contribution in [2.24, 2.45) is 0 Å². The van der Waals surface area contributed by atoms with Crippen molar-refractivity contribution in [1.82, 2.24) is 15.1 Å². The maximum absolute atomic E-state index is 12.3. The number of likely N-dealkylation sites (N-methyl/N-ethyl adjacent to an activating group) is 1. The smallest absolute Gasteiger partial charge is 0.317 e. The molecule has 1 fully saturated rings. The van der Waals surface area contributed by atoms with Crippen molar-refractivity contribution in [2.45, 2.75) is 52.9 Å². The summed E-state index contributed by atoms with van der Waals surface area (Å²) in [6, 6.07) is 3.75. The zero-order valence-electron chi connectivity index (χ0n) is 18.1. The zero-order valence-corrected chi connectivity index (χ0v) is 18.1.